The summed E-state index contributed by atoms with van der Waals surface area (Å²) in [6.07, 6.45) is 0. The number of halogens is 1. The van der Waals surface area contributed by atoms with Crippen molar-refractivity contribution in [2.45, 2.75) is 13.8 Å². The first-order valence-corrected chi connectivity index (χ1v) is 6.33. The molecule has 0 bridgehead atoms. The van der Waals surface area contributed by atoms with Crippen LogP contribution in [0.3, 0.4) is 0 Å². The van der Waals surface area contributed by atoms with Crippen molar-refractivity contribution in [2.24, 2.45) is 0 Å². The molecule has 0 aliphatic heterocycles. The van der Waals surface area contributed by atoms with Crippen LogP contribution in [0.4, 0.5) is 16.2 Å². The number of nitrogens with one attached hydrogen (secondary N) is 2. The van der Waals surface area contributed by atoms with Crippen LogP contribution in [0.1, 0.15) is 11.1 Å². The molecule has 0 spiro atoms. The van der Waals surface area contributed by atoms with Crippen LogP contribution in [0.5, 0.6) is 0 Å². The van der Waals surface area contributed by atoms with Crippen molar-refractivity contribution in [3.63, 3.8) is 0 Å². The first kappa shape index (κ1) is 13.4. The molecule has 98 valence electrons. The summed E-state index contributed by atoms with van der Waals surface area (Å²) in [6, 6.07) is 12.5. The van der Waals surface area contributed by atoms with E-state index >= 15 is 0 Å². The molecular formula is C15H15ClN2O. The van der Waals surface area contributed by atoms with Gasteiger partial charge in [-0.1, -0.05) is 23.7 Å². The number of hydrogen-bond acceptors (Lipinski definition) is 1. The zero-order chi connectivity index (χ0) is 13.8. The molecule has 19 heavy (non-hydrogen) atoms. The van der Waals surface area contributed by atoms with Gasteiger partial charge in [0.2, 0.25) is 0 Å². The minimum absolute atomic E-state index is 0.287. The molecule has 0 radical (unpaired) electrons. The molecular weight excluding hydrogens is 260 g/mol. The SMILES string of the molecule is Cc1ccc(NC(=O)Nc2cccc(Cl)c2)cc1C. The van der Waals surface area contributed by atoms with Gasteiger partial charge in [0, 0.05) is 16.4 Å². The van der Waals surface area contributed by atoms with Gasteiger partial charge in [0.1, 0.15) is 0 Å². The minimum Gasteiger partial charge on any atom is -0.308 e. The van der Waals surface area contributed by atoms with Crippen molar-refractivity contribution in [3.8, 4) is 0 Å². The average Bonchev–Trinajstić information content (AvgIpc) is 2.34. The number of aryl methyl sites for hydroxylation is 2. The summed E-state index contributed by atoms with van der Waals surface area (Å²) in [5.74, 6) is 0. The lowest BCUT2D eigenvalue weighted by molar-refractivity contribution is 0.262. The molecule has 2 aromatic carbocycles. The van der Waals surface area contributed by atoms with Crippen LogP contribution in [0, 0.1) is 13.8 Å². The van der Waals surface area contributed by atoms with E-state index in [9.17, 15) is 4.79 Å². The highest BCUT2D eigenvalue weighted by Crippen LogP contribution is 2.17. The van der Waals surface area contributed by atoms with Crippen molar-refractivity contribution in [3.05, 3.63) is 58.6 Å². The second-order valence-electron chi connectivity index (χ2n) is 4.39. The van der Waals surface area contributed by atoms with Crippen molar-refractivity contribution >= 4 is 29.0 Å². The van der Waals surface area contributed by atoms with E-state index < -0.39 is 0 Å². The van der Waals surface area contributed by atoms with Crippen molar-refractivity contribution in [2.75, 3.05) is 10.6 Å². The highest BCUT2D eigenvalue weighted by atomic mass is 35.5. The zero-order valence-electron chi connectivity index (χ0n) is 10.8. The predicted octanol–water partition coefficient (Wildman–Crippen LogP) is 4.60. The maximum absolute atomic E-state index is 11.8. The van der Waals surface area contributed by atoms with Crippen LogP contribution in [-0.4, -0.2) is 6.03 Å². The van der Waals surface area contributed by atoms with Gasteiger partial charge in [-0.25, -0.2) is 4.79 Å². The molecule has 2 N–H and O–H groups in total. The third-order valence-electron chi connectivity index (χ3n) is 2.85. The molecule has 0 atom stereocenters. The predicted molar refractivity (Wildman–Crippen MR) is 80.0 cm³/mol. The maximum Gasteiger partial charge on any atom is 0.323 e. The van der Waals surface area contributed by atoms with Crippen LogP contribution < -0.4 is 10.6 Å². The van der Waals surface area contributed by atoms with E-state index in [1.54, 1.807) is 24.3 Å². The van der Waals surface area contributed by atoms with Crippen LogP contribution in [0.15, 0.2) is 42.5 Å². The molecule has 0 fully saturated rings. The van der Waals surface area contributed by atoms with E-state index in [0.717, 1.165) is 11.3 Å². The summed E-state index contributed by atoms with van der Waals surface area (Å²) >= 11 is 5.85. The molecule has 2 amide bonds. The first-order valence-electron chi connectivity index (χ1n) is 5.95. The summed E-state index contributed by atoms with van der Waals surface area (Å²) < 4.78 is 0. The van der Waals surface area contributed by atoms with E-state index in [1.807, 2.05) is 32.0 Å². The molecule has 2 aromatic rings. The van der Waals surface area contributed by atoms with E-state index in [0.29, 0.717) is 10.7 Å². The lowest BCUT2D eigenvalue weighted by atomic mass is 10.1. The largest absolute Gasteiger partial charge is 0.323 e. The topological polar surface area (TPSA) is 41.1 Å². The summed E-state index contributed by atoms with van der Waals surface area (Å²) in [4.78, 5) is 11.8. The Balaban J connectivity index is 2.03. The lowest BCUT2D eigenvalue weighted by Crippen LogP contribution is -2.19. The normalized spacial score (nSPS) is 10.1. The summed E-state index contributed by atoms with van der Waals surface area (Å²) in [5.41, 5.74) is 3.76. The van der Waals surface area contributed by atoms with Crippen molar-refractivity contribution < 1.29 is 4.79 Å². The number of carbonyl (C=O) groups is 1. The van der Waals surface area contributed by atoms with Gasteiger partial charge in [-0.2, -0.15) is 0 Å². The van der Waals surface area contributed by atoms with E-state index in [4.69, 9.17) is 11.6 Å². The van der Waals surface area contributed by atoms with Crippen LogP contribution in [0.2, 0.25) is 5.02 Å². The monoisotopic (exact) mass is 274 g/mol. The Labute approximate surface area is 117 Å². The molecule has 2 rings (SSSR count). The second kappa shape index (κ2) is 5.76. The smallest absolute Gasteiger partial charge is 0.308 e. The number of rotatable bonds is 2. The fraction of sp³-hybridized carbons (Fsp3) is 0.133. The van der Waals surface area contributed by atoms with Crippen LogP contribution in [0.25, 0.3) is 0 Å². The molecule has 0 saturated carbocycles. The minimum atomic E-state index is -0.287. The standard InChI is InChI=1S/C15H15ClN2O/c1-10-6-7-14(8-11(10)2)18-15(19)17-13-5-3-4-12(16)9-13/h3-9H,1-2H3,(H2,17,18,19). The van der Waals surface area contributed by atoms with Gasteiger partial charge in [-0.05, 0) is 55.3 Å². The van der Waals surface area contributed by atoms with Gasteiger partial charge in [0.05, 0.1) is 0 Å². The Morgan fingerprint density at radius 3 is 2.26 bits per heavy atom. The highest BCUT2D eigenvalue weighted by molar-refractivity contribution is 6.30. The molecule has 0 unspecified atom stereocenters. The van der Waals surface area contributed by atoms with Gasteiger partial charge in [-0.3, -0.25) is 0 Å². The molecule has 3 nitrogen and oxygen atoms in total. The van der Waals surface area contributed by atoms with Crippen molar-refractivity contribution in [1.29, 1.82) is 0 Å². The third-order valence-corrected chi connectivity index (χ3v) is 3.08. The molecule has 4 heteroatoms. The average molecular weight is 275 g/mol. The maximum atomic E-state index is 11.8. The summed E-state index contributed by atoms with van der Waals surface area (Å²) in [7, 11) is 0. The molecule has 0 aromatic heterocycles. The van der Waals surface area contributed by atoms with Gasteiger partial charge in [0.15, 0.2) is 0 Å². The Hall–Kier alpha value is -2.00. The quantitative estimate of drug-likeness (QED) is 0.825. The fourth-order valence-electron chi connectivity index (χ4n) is 1.68. The second-order valence-corrected chi connectivity index (χ2v) is 4.82. The third kappa shape index (κ3) is 3.73. The van der Waals surface area contributed by atoms with E-state index in [2.05, 4.69) is 10.6 Å². The molecule has 0 saturated heterocycles. The van der Waals surface area contributed by atoms with Gasteiger partial charge < -0.3 is 10.6 Å². The number of amides is 2. The first-order chi connectivity index (χ1) is 9.04. The Bertz CT molecular complexity index is 611. The van der Waals surface area contributed by atoms with E-state index in [-0.39, 0.29) is 6.03 Å². The van der Waals surface area contributed by atoms with E-state index in [1.165, 1.54) is 5.56 Å². The zero-order valence-corrected chi connectivity index (χ0v) is 11.6. The Morgan fingerprint density at radius 1 is 0.947 bits per heavy atom. The Morgan fingerprint density at radius 2 is 1.63 bits per heavy atom. The van der Waals surface area contributed by atoms with Crippen LogP contribution >= 0.6 is 11.6 Å². The number of anilines is 2. The fourth-order valence-corrected chi connectivity index (χ4v) is 1.87. The number of urea groups is 1. The molecule has 0 aliphatic rings. The van der Waals surface area contributed by atoms with Gasteiger partial charge in [-0.15, -0.1) is 0 Å². The summed E-state index contributed by atoms with van der Waals surface area (Å²) in [6.45, 7) is 4.04. The number of carbonyl (C=O) groups excluding carboxylic acids is 1. The Kier molecular flexibility index (Phi) is 4.07. The number of hydrogen-bond donors (Lipinski definition) is 2. The van der Waals surface area contributed by atoms with Crippen LogP contribution in [-0.2, 0) is 0 Å². The highest BCUT2D eigenvalue weighted by Gasteiger charge is 2.03. The van der Waals surface area contributed by atoms with Gasteiger partial charge >= 0.3 is 6.03 Å². The number of benzene rings is 2. The van der Waals surface area contributed by atoms with Gasteiger partial charge in [0.25, 0.3) is 0 Å². The van der Waals surface area contributed by atoms with Crippen molar-refractivity contribution in [1.82, 2.24) is 0 Å². The molecule has 0 heterocycles. The molecule has 0 aliphatic carbocycles. The summed E-state index contributed by atoms with van der Waals surface area (Å²) in [5, 5.41) is 6.10. The lowest BCUT2D eigenvalue weighted by Gasteiger charge is -2.09.